The molecule has 1 N–H and O–H groups in total. The molecule has 3 nitrogen and oxygen atoms in total. The Morgan fingerprint density at radius 2 is 1.77 bits per heavy atom. The van der Waals surface area contributed by atoms with Crippen molar-refractivity contribution in [1.82, 2.24) is 0 Å². The molecule has 2 aliphatic rings. The zero-order chi connectivity index (χ0) is 20.7. The molecule has 30 heavy (non-hydrogen) atoms. The van der Waals surface area contributed by atoms with Crippen LogP contribution in [0.5, 0.6) is 5.75 Å². The highest BCUT2D eigenvalue weighted by Gasteiger charge is 2.51. The van der Waals surface area contributed by atoms with Gasteiger partial charge >= 0.3 is 0 Å². The van der Waals surface area contributed by atoms with Crippen LogP contribution in [0, 0.1) is 0 Å². The Hall–Kier alpha value is -3.07. The molecule has 0 radical (unpaired) electrons. The van der Waals surface area contributed by atoms with E-state index in [1.807, 2.05) is 18.2 Å². The SMILES string of the molecule is CC(C)c1ccccc1-c1ccc(NC(=O)C2(c3ccc4c(c3)CCO4)CC2)cc1. The van der Waals surface area contributed by atoms with Gasteiger partial charge in [0.2, 0.25) is 5.91 Å². The highest BCUT2D eigenvalue weighted by atomic mass is 16.5. The summed E-state index contributed by atoms with van der Waals surface area (Å²) in [6, 6.07) is 23.0. The van der Waals surface area contributed by atoms with Crippen molar-refractivity contribution in [1.29, 1.82) is 0 Å². The average molecular weight is 398 g/mol. The van der Waals surface area contributed by atoms with Crippen molar-refractivity contribution in [2.75, 3.05) is 11.9 Å². The van der Waals surface area contributed by atoms with Crippen molar-refractivity contribution >= 4 is 11.6 Å². The first-order valence-electron chi connectivity index (χ1n) is 10.8. The number of nitrogens with one attached hydrogen (secondary N) is 1. The lowest BCUT2D eigenvalue weighted by Gasteiger charge is -2.17. The van der Waals surface area contributed by atoms with Gasteiger partial charge in [0.15, 0.2) is 0 Å². The van der Waals surface area contributed by atoms with Crippen LogP contribution in [0.4, 0.5) is 5.69 Å². The third-order valence-electron chi connectivity index (χ3n) is 6.46. The number of hydrogen-bond donors (Lipinski definition) is 1. The van der Waals surface area contributed by atoms with Gasteiger partial charge in [-0.25, -0.2) is 0 Å². The van der Waals surface area contributed by atoms with Crippen LogP contribution in [0.3, 0.4) is 0 Å². The van der Waals surface area contributed by atoms with Gasteiger partial charge in [-0.1, -0.05) is 62.4 Å². The van der Waals surface area contributed by atoms with E-state index in [2.05, 4.69) is 67.7 Å². The normalized spacial score (nSPS) is 16.1. The molecule has 1 saturated carbocycles. The number of rotatable bonds is 5. The zero-order valence-corrected chi connectivity index (χ0v) is 17.6. The van der Waals surface area contributed by atoms with Crippen molar-refractivity contribution in [3.63, 3.8) is 0 Å². The van der Waals surface area contributed by atoms with Gasteiger partial charge in [-0.05, 0) is 64.8 Å². The number of carbonyl (C=O) groups is 1. The van der Waals surface area contributed by atoms with Crippen LogP contribution in [0.25, 0.3) is 11.1 Å². The van der Waals surface area contributed by atoms with Gasteiger partial charge in [0.25, 0.3) is 0 Å². The van der Waals surface area contributed by atoms with E-state index in [0.29, 0.717) is 5.92 Å². The minimum absolute atomic E-state index is 0.0942. The molecule has 1 aliphatic heterocycles. The monoisotopic (exact) mass is 397 g/mol. The lowest BCUT2D eigenvalue weighted by atomic mass is 9.92. The lowest BCUT2D eigenvalue weighted by molar-refractivity contribution is -0.118. The van der Waals surface area contributed by atoms with Gasteiger partial charge in [0.05, 0.1) is 12.0 Å². The second-order valence-corrected chi connectivity index (χ2v) is 8.78. The van der Waals surface area contributed by atoms with Gasteiger partial charge in [-0.2, -0.15) is 0 Å². The molecular weight excluding hydrogens is 370 g/mol. The van der Waals surface area contributed by atoms with Gasteiger partial charge in [0, 0.05) is 12.1 Å². The van der Waals surface area contributed by atoms with Gasteiger partial charge < -0.3 is 10.1 Å². The molecule has 1 aliphatic carbocycles. The summed E-state index contributed by atoms with van der Waals surface area (Å²) in [5.74, 6) is 1.52. The standard InChI is InChI=1S/C27H27NO2/c1-18(2)23-5-3-4-6-24(23)19-7-10-22(11-8-19)28-26(29)27(14-15-27)21-9-12-25-20(17-21)13-16-30-25/h3-12,17-18H,13-16H2,1-2H3,(H,28,29). The smallest absolute Gasteiger partial charge is 0.235 e. The van der Waals surface area contributed by atoms with E-state index in [9.17, 15) is 4.79 Å². The molecule has 3 aromatic rings. The van der Waals surface area contributed by atoms with Crippen molar-refractivity contribution < 1.29 is 9.53 Å². The molecule has 0 atom stereocenters. The first-order valence-corrected chi connectivity index (χ1v) is 10.8. The van der Waals surface area contributed by atoms with Crippen molar-refractivity contribution in [3.8, 4) is 16.9 Å². The Labute approximate surface area is 178 Å². The molecule has 0 spiro atoms. The third kappa shape index (κ3) is 3.28. The molecule has 0 aromatic heterocycles. The Morgan fingerprint density at radius 3 is 2.50 bits per heavy atom. The number of benzene rings is 3. The summed E-state index contributed by atoms with van der Waals surface area (Å²) in [5.41, 5.74) is 6.57. The number of hydrogen-bond acceptors (Lipinski definition) is 2. The fourth-order valence-corrected chi connectivity index (χ4v) is 4.50. The van der Waals surface area contributed by atoms with E-state index in [1.54, 1.807) is 0 Å². The van der Waals surface area contributed by atoms with Crippen molar-refractivity contribution in [2.45, 2.75) is 44.4 Å². The van der Waals surface area contributed by atoms with Crippen LogP contribution in [0.1, 0.15) is 49.3 Å². The van der Waals surface area contributed by atoms with Gasteiger partial charge in [0.1, 0.15) is 5.75 Å². The number of fused-ring (bicyclic) bond motifs is 1. The Kier molecular flexibility index (Phi) is 4.62. The maximum Gasteiger partial charge on any atom is 0.235 e. The zero-order valence-electron chi connectivity index (χ0n) is 17.6. The second kappa shape index (κ2) is 7.32. The van der Waals surface area contributed by atoms with E-state index < -0.39 is 0 Å². The van der Waals surface area contributed by atoms with Crippen LogP contribution in [0.15, 0.2) is 66.7 Å². The van der Waals surface area contributed by atoms with Crippen LogP contribution in [-0.2, 0) is 16.6 Å². The predicted molar refractivity (Wildman–Crippen MR) is 121 cm³/mol. The van der Waals surface area contributed by atoms with Crippen LogP contribution in [0.2, 0.25) is 0 Å². The van der Waals surface area contributed by atoms with Crippen LogP contribution < -0.4 is 10.1 Å². The molecule has 1 amide bonds. The average Bonchev–Trinajstić information content (AvgIpc) is 3.45. The highest BCUT2D eigenvalue weighted by Crippen LogP contribution is 2.50. The van der Waals surface area contributed by atoms with Gasteiger partial charge in [-0.3, -0.25) is 4.79 Å². The molecule has 5 rings (SSSR count). The Bertz CT molecular complexity index is 1090. The number of ether oxygens (including phenoxy) is 1. The first-order chi connectivity index (χ1) is 14.6. The number of amides is 1. The summed E-state index contributed by atoms with van der Waals surface area (Å²) in [6.07, 6.45) is 2.73. The minimum Gasteiger partial charge on any atom is -0.493 e. The third-order valence-corrected chi connectivity index (χ3v) is 6.46. The summed E-state index contributed by atoms with van der Waals surface area (Å²) in [5, 5.41) is 3.16. The summed E-state index contributed by atoms with van der Waals surface area (Å²) >= 11 is 0. The van der Waals surface area contributed by atoms with Crippen LogP contribution >= 0.6 is 0 Å². The number of anilines is 1. The Morgan fingerprint density at radius 1 is 1.00 bits per heavy atom. The molecule has 3 aromatic carbocycles. The quantitative estimate of drug-likeness (QED) is 0.566. The Balaban J connectivity index is 1.35. The predicted octanol–water partition coefficient (Wildman–Crippen LogP) is 6.08. The minimum atomic E-state index is -0.388. The maximum absolute atomic E-state index is 13.2. The lowest BCUT2D eigenvalue weighted by Crippen LogP contribution is -2.27. The second-order valence-electron chi connectivity index (χ2n) is 8.78. The maximum atomic E-state index is 13.2. The fourth-order valence-electron chi connectivity index (χ4n) is 4.50. The molecule has 0 saturated heterocycles. The first kappa shape index (κ1) is 18.9. The van der Waals surface area contributed by atoms with Gasteiger partial charge in [-0.15, -0.1) is 0 Å². The molecule has 3 heteroatoms. The largest absolute Gasteiger partial charge is 0.493 e. The summed E-state index contributed by atoms with van der Waals surface area (Å²) in [4.78, 5) is 13.2. The molecule has 1 heterocycles. The highest BCUT2D eigenvalue weighted by molar-refractivity contribution is 6.01. The van der Waals surface area contributed by atoms with E-state index in [4.69, 9.17) is 4.74 Å². The summed E-state index contributed by atoms with van der Waals surface area (Å²) in [7, 11) is 0. The molecule has 1 fully saturated rings. The fraction of sp³-hybridized carbons (Fsp3) is 0.296. The molecular formula is C27H27NO2. The molecule has 0 bridgehead atoms. The van der Waals surface area contributed by atoms with Crippen molar-refractivity contribution in [3.05, 3.63) is 83.4 Å². The topological polar surface area (TPSA) is 38.3 Å². The molecule has 0 unspecified atom stereocenters. The van der Waals surface area contributed by atoms with E-state index in [-0.39, 0.29) is 11.3 Å². The van der Waals surface area contributed by atoms with E-state index in [0.717, 1.165) is 42.9 Å². The summed E-state index contributed by atoms with van der Waals surface area (Å²) in [6.45, 7) is 5.17. The van der Waals surface area contributed by atoms with Crippen molar-refractivity contribution in [2.24, 2.45) is 0 Å². The molecule has 152 valence electrons. The summed E-state index contributed by atoms with van der Waals surface area (Å²) < 4.78 is 5.61. The van der Waals surface area contributed by atoms with Crippen LogP contribution in [-0.4, -0.2) is 12.5 Å². The van der Waals surface area contributed by atoms with E-state index in [1.165, 1.54) is 22.3 Å². The number of carbonyl (C=O) groups excluding carboxylic acids is 1. The van der Waals surface area contributed by atoms with E-state index >= 15 is 0 Å².